The molecular formula is C27H18BrN3O. The first-order chi connectivity index (χ1) is 15.6. The number of hydrogen-bond donors (Lipinski definition) is 0. The van der Waals surface area contributed by atoms with Crippen molar-refractivity contribution in [3.63, 3.8) is 0 Å². The molecule has 0 unspecified atom stereocenters. The van der Waals surface area contributed by atoms with Crippen LogP contribution in [0.5, 0.6) is 0 Å². The lowest BCUT2D eigenvalue weighted by molar-refractivity contribution is 0.0951. The third-order valence-corrected chi connectivity index (χ3v) is 7.00. The van der Waals surface area contributed by atoms with Crippen LogP contribution >= 0.6 is 15.9 Å². The fourth-order valence-electron chi connectivity index (χ4n) is 5.05. The van der Waals surface area contributed by atoms with E-state index in [0.29, 0.717) is 5.56 Å². The second-order valence-electron chi connectivity index (χ2n) is 8.07. The molecular weight excluding hydrogens is 462 g/mol. The number of rotatable bonds is 3. The average Bonchev–Trinajstić information content (AvgIpc) is 3.15. The van der Waals surface area contributed by atoms with E-state index in [2.05, 4.69) is 28.1 Å². The van der Waals surface area contributed by atoms with E-state index in [1.54, 1.807) is 12.1 Å². The van der Waals surface area contributed by atoms with Crippen molar-refractivity contribution in [2.75, 3.05) is 4.90 Å². The molecule has 3 aromatic carbocycles. The normalized spacial score (nSPS) is 22.3. The Hall–Kier alpha value is -3.67. The van der Waals surface area contributed by atoms with Crippen molar-refractivity contribution in [3.8, 4) is 12.1 Å². The number of ketones is 1. The molecule has 0 aliphatic carbocycles. The topological polar surface area (TPSA) is 67.9 Å². The average molecular weight is 480 g/mol. The number of hydrogen-bond acceptors (Lipinski definition) is 4. The largest absolute Gasteiger partial charge is 0.351 e. The van der Waals surface area contributed by atoms with E-state index in [0.717, 1.165) is 21.3 Å². The number of nitriles is 2. The molecule has 0 bridgehead atoms. The van der Waals surface area contributed by atoms with E-state index in [4.69, 9.17) is 0 Å². The molecule has 1 fully saturated rings. The number of nitrogens with zero attached hydrogens (tertiary/aromatic N) is 3. The van der Waals surface area contributed by atoms with Gasteiger partial charge in [0.1, 0.15) is 6.04 Å². The highest BCUT2D eigenvalue weighted by Crippen LogP contribution is 2.55. The van der Waals surface area contributed by atoms with Crippen molar-refractivity contribution < 1.29 is 4.79 Å². The Labute approximate surface area is 195 Å². The molecule has 1 saturated heterocycles. The van der Waals surface area contributed by atoms with Crippen LogP contribution in [-0.2, 0) is 0 Å². The summed E-state index contributed by atoms with van der Waals surface area (Å²) in [5.74, 6) is -0.722. The maximum atomic E-state index is 14.0. The maximum Gasteiger partial charge on any atom is 0.185 e. The van der Waals surface area contributed by atoms with Gasteiger partial charge in [-0.1, -0.05) is 88.7 Å². The molecule has 0 saturated carbocycles. The summed E-state index contributed by atoms with van der Waals surface area (Å²) < 4.78 is 0.896. The van der Waals surface area contributed by atoms with E-state index in [1.807, 2.05) is 83.8 Å². The number of anilines is 1. The van der Waals surface area contributed by atoms with Gasteiger partial charge in [0.15, 0.2) is 11.2 Å². The highest BCUT2D eigenvalue weighted by atomic mass is 79.9. The fraction of sp³-hybridized carbons (Fsp3) is 0.148. The second kappa shape index (κ2) is 7.79. The Morgan fingerprint density at radius 3 is 2.25 bits per heavy atom. The monoisotopic (exact) mass is 479 g/mol. The molecule has 0 amide bonds. The summed E-state index contributed by atoms with van der Waals surface area (Å²) in [6.45, 7) is 0. The van der Waals surface area contributed by atoms with Gasteiger partial charge in [0, 0.05) is 21.6 Å². The van der Waals surface area contributed by atoms with Crippen LogP contribution in [0, 0.1) is 28.1 Å². The molecule has 3 aromatic rings. The van der Waals surface area contributed by atoms with Gasteiger partial charge in [0.25, 0.3) is 0 Å². The van der Waals surface area contributed by atoms with Crippen molar-refractivity contribution in [1.29, 1.82) is 10.5 Å². The zero-order valence-corrected chi connectivity index (χ0v) is 18.6. The Balaban J connectivity index is 1.79. The molecule has 2 heterocycles. The Morgan fingerprint density at radius 1 is 0.906 bits per heavy atom. The highest BCUT2D eigenvalue weighted by molar-refractivity contribution is 9.10. The van der Waals surface area contributed by atoms with E-state index in [-0.39, 0.29) is 5.78 Å². The maximum absolute atomic E-state index is 14.0. The van der Waals surface area contributed by atoms with Gasteiger partial charge in [-0.05, 0) is 29.3 Å². The molecule has 0 spiro atoms. The van der Waals surface area contributed by atoms with Gasteiger partial charge in [0.2, 0.25) is 0 Å². The Kier molecular flexibility index (Phi) is 4.93. The van der Waals surface area contributed by atoms with Gasteiger partial charge in [0.05, 0.1) is 18.2 Å². The lowest BCUT2D eigenvalue weighted by Crippen LogP contribution is -2.44. The molecule has 0 aromatic heterocycles. The predicted molar refractivity (Wildman–Crippen MR) is 127 cm³/mol. The number of halogens is 1. The molecule has 3 atom stereocenters. The van der Waals surface area contributed by atoms with Crippen LogP contribution < -0.4 is 4.90 Å². The van der Waals surface area contributed by atoms with Crippen LogP contribution in [0.1, 0.15) is 27.4 Å². The first kappa shape index (κ1) is 20.2. The van der Waals surface area contributed by atoms with Crippen LogP contribution in [-0.4, -0.2) is 17.9 Å². The third-order valence-electron chi connectivity index (χ3n) is 6.47. The van der Waals surface area contributed by atoms with E-state index >= 15 is 0 Å². The minimum atomic E-state index is -1.42. The van der Waals surface area contributed by atoms with Crippen LogP contribution in [0.4, 0.5) is 5.69 Å². The van der Waals surface area contributed by atoms with Crippen LogP contribution in [0.3, 0.4) is 0 Å². The lowest BCUT2D eigenvalue weighted by Gasteiger charge is -2.35. The lowest BCUT2D eigenvalue weighted by atomic mass is 9.69. The SMILES string of the molecule is N#CC1(C#N)[C@@H](c2ccc(Br)cc2)[C@@H](C(=O)c2ccccc2)N2c3ccccc3C=C[C@@H]21. The minimum Gasteiger partial charge on any atom is -0.351 e. The molecule has 4 nitrogen and oxygen atoms in total. The molecule has 32 heavy (non-hydrogen) atoms. The molecule has 5 heteroatoms. The van der Waals surface area contributed by atoms with Gasteiger partial charge < -0.3 is 4.90 Å². The molecule has 0 radical (unpaired) electrons. The van der Waals surface area contributed by atoms with Gasteiger partial charge in [-0.15, -0.1) is 0 Å². The van der Waals surface area contributed by atoms with Crippen molar-refractivity contribution >= 4 is 33.5 Å². The summed E-state index contributed by atoms with van der Waals surface area (Å²) in [4.78, 5) is 16.0. The number of para-hydroxylation sites is 1. The molecule has 0 N–H and O–H groups in total. The summed E-state index contributed by atoms with van der Waals surface area (Å²) in [5.41, 5.74) is 1.77. The van der Waals surface area contributed by atoms with Gasteiger partial charge >= 0.3 is 0 Å². The molecule has 2 aliphatic rings. The zero-order valence-electron chi connectivity index (χ0n) is 17.0. The second-order valence-corrected chi connectivity index (χ2v) is 8.98. The van der Waals surface area contributed by atoms with Gasteiger partial charge in [-0.25, -0.2) is 0 Å². The standard InChI is InChI=1S/C27H18BrN3O/c28-21-13-10-19(11-14-21)24-25(26(32)20-7-2-1-3-8-20)31-22-9-5-4-6-18(22)12-15-23(31)27(24,16-29)17-30/h1-15,23-25H/t23-,24+,25+/m1/s1. The van der Waals surface area contributed by atoms with E-state index in [9.17, 15) is 15.3 Å². The van der Waals surface area contributed by atoms with Gasteiger partial charge in [-0.2, -0.15) is 10.5 Å². The quantitative estimate of drug-likeness (QED) is 0.449. The van der Waals surface area contributed by atoms with Crippen molar-refractivity contribution in [2.45, 2.75) is 18.0 Å². The fourth-order valence-corrected chi connectivity index (χ4v) is 5.32. The third kappa shape index (κ3) is 2.90. The number of benzene rings is 3. The van der Waals surface area contributed by atoms with Crippen molar-refractivity contribution in [2.24, 2.45) is 5.41 Å². The summed E-state index contributed by atoms with van der Waals surface area (Å²) >= 11 is 3.46. The molecule has 5 rings (SSSR count). The molecule has 154 valence electrons. The first-order valence-electron chi connectivity index (χ1n) is 10.3. The van der Waals surface area contributed by atoms with Crippen molar-refractivity contribution in [1.82, 2.24) is 0 Å². The van der Waals surface area contributed by atoms with Crippen molar-refractivity contribution in [3.05, 3.63) is 106 Å². The number of carbonyl (C=O) groups excluding carboxylic acids is 1. The minimum absolute atomic E-state index is 0.0963. The number of Topliss-reactive ketones (excluding diaryl/α,β-unsaturated/α-hetero) is 1. The van der Waals surface area contributed by atoms with E-state index in [1.165, 1.54) is 0 Å². The van der Waals surface area contributed by atoms with Crippen LogP contribution in [0.15, 0.2) is 89.4 Å². The molecule has 2 aliphatic heterocycles. The van der Waals surface area contributed by atoms with Crippen LogP contribution in [0.2, 0.25) is 0 Å². The van der Waals surface area contributed by atoms with E-state index < -0.39 is 23.4 Å². The highest BCUT2D eigenvalue weighted by Gasteiger charge is 2.63. The van der Waals surface area contributed by atoms with Gasteiger partial charge in [-0.3, -0.25) is 4.79 Å². The summed E-state index contributed by atoms with van der Waals surface area (Å²) in [6.07, 6.45) is 3.85. The predicted octanol–water partition coefficient (Wildman–Crippen LogP) is 5.73. The Bertz CT molecular complexity index is 1290. The zero-order chi connectivity index (χ0) is 22.3. The first-order valence-corrected chi connectivity index (χ1v) is 11.1. The summed E-state index contributed by atoms with van der Waals surface area (Å²) in [7, 11) is 0. The van der Waals surface area contributed by atoms with Crippen LogP contribution in [0.25, 0.3) is 6.08 Å². The summed E-state index contributed by atoms with van der Waals surface area (Å²) in [5, 5.41) is 20.8. The Morgan fingerprint density at radius 2 is 1.56 bits per heavy atom. The summed E-state index contributed by atoms with van der Waals surface area (Å²) in [6, 6.07) is 27.9. The number of carbonyl (C=O) groups is 1. The smallest absolute Gasteiger partial charge is 0.185 e. The number of fused-ring (bicyclic) bond motifs is 3.